The van der Waals surface area contributed by atoms with Crippen LogP contribution in [0.4, 0.5) is 5.82 Å². The molecule has 31 heavy (non-hydrogen) atoms. The summed E-state index contributed by atoms with van der Waals surface area (Å²) in [6.07, 6.45) is 5.42. The van der Waals surface area contributed by atoms with Gasteiger partial charge in [-0.15, -0.1) is 0 Å². The molecular weight excluding hydrogens is 390 g/mol. The number of hydrogen-bond donors (Lipinski definition) is 2. The van der Waals surface area contributed by atoms with E-state index in [9.17, 15) is 9.59 Å². The number of carbonyl (C=O) groups excluding carboxylic acids is 2. The quantitative estimate of drug-likeness (QED) is 0.524. The van der Waals surface area contributed by atoms with Crippen LogP contribution in [0.1, 0.15) is 27.2 Å². The van der Waals surface area contributed by atoms with E-state index in [1.165, 1.54) is 0 Å². The SMILES string of the molecule is CNC(=O)c1ccc2nc(NC(=O)Cc3ccc(-c4ccnc(C)c4)c(C)c3)cn2c1. The highest BCUT2D eigenvalue weighted by molar-refractivity contribution is 5.94. The highest BCUT2D eigenvalue weighted by Gasteiger charge is 2.11. The van der Waals surface area contributed by atoms with Crippen LogP contribution in [-0.4, -0.2) is 33.2 Å². The third-order valence-electron chi connectivity index (χ3n) is 5.07. The fraction of sp³-hybridized carbons (Fsp3) is 0.167. The molecule has 0 atom stereocenters. The smallest absolute Gasteiger partial charge is 0.252 e. The van der Waals surface area contributed by atoms with Gasteiger partial charge in [0.1, 0.15) is 5.65 Å². The van der Waals surface area contributed by atoms with E-state index in [0.29, 0.717) is 17.0 Å². The number of hydrogen-bond acceptors (Lipinski definition) is 4. The molecule has 2 N–H and O–H groups in total. The highest BCUT2D eigenvalue weighted by Crippen LogP contribution is 2.24. The second kappa shape index (κ2) is 8.39. The Kier molecular flexibility index (Phi) is 5.49. The third-order valence-corrected chi connectivity index (χ3v) is 5.07. The van der Waals surface area contributed by atoms with Crippen LogP contribution in [0.3, 0.4) is 0 Å². The molecule has 7 nitrogen and oxygen atoms in total. The molecule has 2 amide bonds. The second-order valence-corrected chi connectivity index (χ2v) is 7.45. The Bertz CT molecular complexity index is 1290. The van der Waals surface area contributed by atoms with Crippen molar-refractivity contribution < 1.29 is 9.59 Å². The summed E-state index contributed by atoms with van der Waals surface area (Å²) in [7, 11) is 1.58. The zero-order chi connectivity index (χ0) is 22.0. The molecule has 0 saturated carbocycles. The normalized spacial score (nSPS) is 10.8. The monoisotopic (exact) mass is 413 g/mol. The number of benzene rings is 1. The number of fused-ring (bicyclic) bond motifs is 1. The number of carbonyl (C=O) groups is 2. The van der Waals surface area contributed by atoms with Crippen molar-refractivity contribution in [1.82, 2.24) is 19.7 Å². The van der Waals surface area contributed by atoms with Gasteiger partial charge in [-0.1, -0.05) is 18.2 Å². The lowest BCUT2D eigenvalue weighted by atomic mass is 9.97. The lowest BCUT2D eigenvalue weighted by molar-refractivity contribution is -0.115. The van der Waals surface area contributed by atoms with E-state index in [1.807, 2.05) is 44.2 Å². The molecule has 1 aromatic carbocycles. The Labute approximate surface area is 180 Å². The van der Waals surface area contributed by atoms with Gasteiger partial charge in [0.15, 0.2) is 5.82 Å². The van der Waals surface area contributed by atoms with E-state index in [4.69, 9.17) is 0 Å². The third kappa shape index (κ3) is 4.45. The van der Waals surface area contributed by atoms with E-state index >= 15 is 0 Å². The number of anilines is 1. The molecule has 0 fully saturated rings. The molecule has 0 aliphatic rings. The van der Waals surface area contributed by atoms with E-state index < -0.39 is 0 Å². The van der Waals surface area contributed by atoms with Crippen LogP contribution in [0.2, 0.25) is 0 Å². The summed E-state index contributed by atoms with van der Waals surface area (Å²) in [5.74, 6) is 0.114. The standard InChI is InChI=1S/C24H23N5O2/c1-15-10-17(4-6-20(15)18-8-9-26-16(2)11-18)12-23(30)28-21-14-29-13-19(24(31)25-3)5-7-22(29)27-21/h4-11,13-14H,12H2,1-3H3,(H,25,31)(H,28,30). The lowest BCUT2D eigenvalue weighted by Crippen LogP contribution is -2.18. The Morgan fingerprint density at radius 1 is 1.03 bits per heavy atom. The molecule has 3 aromatic heterocycles. The Morgan fingerprint density at radius 2 is 1.87 bits per heavy atom. The van der Waals surface area contributed by atoms with Crippen molar-refractivity contribution in [2.45, 2.75) is 20.3 Å². The van der Waals surface area contributed by atoms with Crippen molar-refractivity contribution in [2.24, 2.45) is 0 Å². The number of amides is 2. The Morgan fingerprint density at radius 3 is 2.61 bits per heavy atom. The van der Waals surface area contributed by atoms with E-state index in [-0.39, 0.29) is 18.2 Å². The van der Waals surface area contributed by atoms with Gasteiger partial charge in [0.25, 0.3) is 5.91 Å². The van der Waals surface area contributed by atoms with Gasteiger partial charge >= 0.3 is 0 Å². The van der Waals surface area contributed by atoms with E-state index in [1.54, 1.807) is 42.2 Å². The first-order chi connectivity index (χ1) is 14.9. The average molecular weight is 413 g/mol. The minimum absolute atomic E-state index is 0.151. The summed E-state index contributed by atoms with van der Waals surface area (Å²) < 4.78 is 1.72. The molecule has 0 bridgehead atoms. The molecule has 7 heteroatoms. The maximum absolute atomic E-state index is 12.6. The van der Waals surface area contributed by atoms with Crippen molar-refractivity contribution in [1.29, 1.82) is 0 Å². The zero-order valence-electron chi connectivity index (χ0n) is 17.6. The average Bonchev–Trinajstić information content (AvgIpc) is 3.14. The van der Waals surface area contributed by atoms with Gasteiger partial charge in [-0.2, -0.15) is 0 Å². The Hall–Kier alpha value is -4.00. The number of aryl methyl sites for hydroxylation is 2. The Balaban J connectivity index is 1.47. The molecular formula is C24H23N5O2. The number of rotatable bonds is 5. The van der Waals surface area contributed by atoms with Crippen molar-refractivity contribution >= 4 is 23.3 Å². The maximum Gasteiger partial charge on any atom is 0.252 e. The molecule has 0 saturated heterocycles. The van der Waals surface area contributed by atoms with Gasteiger partial charge in [0.05, 0.1) is 18.2 Å². The van der Waals surface area contributed by atoms with Crippen LogP contribution in [0.25, 0.3) is 16.8 Å². The van der Waals surface area contributed by atoms with Gasteiger partial charge in [-0.3, -0.25) is 14.6 Å². The summed E-state index contributed by atoms with van der Waals surface area (Å²) in [5.41, 5.74) is 6.40. The fourth-order valence-corrected chi connectivity index (χ4v) is 3.58. The molecule has 4 rings (SSSR count). The molecule has 3 heterocycles. The molecule has 0 radical (unpaired) electrons. The predicted octanol–water partition coefficient (Wildman–Crippen LogP) is 3.55. The summed E-state index contributed by atoms with van der Waals surface area (Å²) in [6, 6.07) is 13.5. The molecule has 156 valence electrons. The van der Waals surface area contributed by atoms with Crippen LogP contribution < -0.4 is 10.6 Å². The maximum atomic E-state index is 12.6. The molecule has 0 unspecified atom stereocenters. The van der Waals surface area contributed by atoms with Crippen LogP contribution in [0.5, 0.6) is 0 Å². The number of pyridine rings is 2. The topological polar surface area (TPSA) is 88.4 Å². The first kappa shape index (κ1) is 20.3. The second-order valence-electron chi connectivity index (χ2n) is 7.45. The van der Waals surface area contributed by atoms with Crippen LogP contribution in [0, 0.1) is 13.8 Å². The molecule has 0 spiro atoms. The predicted molar refractivity (Wildman–Crippen MR) is 120 cm³/mol. The van der Waals surface area contributed by atoms with E-state index in [2.05, 4.69) is 20.6 Å². The van der Waals surface area contributed by atoms with Crippen molar-refractivity contribution in [3.8, 4) is 11.1 Å². The van der Waals surface area contributed by atoms with Gasteiger partial charge in [-0.05, 0) is 60.4 Å². The number of imidazole rings is 1. The van der Waals surface area contributed by atoms with Crippen molar-refractivity contribution in [3.05, 3.63) is 83.4 Å². The number of aromatic nitrogens is 3. The van der Waals surface area contributed by atoms with Crippen molar-refractivity contribution in [3.63, 3.8) is 0 Å². The number of nitrogens with zero attached hydrogens (tertiary/aromatic N) is 3. The minimum atomic E-state index is -0.179. The van der Waals surface area contributed by atoms with Gasteiger partial charge < -0.3 is 15.0 Å². The minimum Gasteiger partial charge on any atom is -0.355 e. The lowest BCUT2D eigenvalue weighted by Gasteiger charge is -2.09. The molecule has 4 aromatic rings. The molecule has 0 aliphatic carbocycles. The van der Waals surface area contributed by atoms with Crippen LogP contribution in [-0.2, 0) is 11.2 Å². The molecule has 0 aliphatic heterocycles. The van der Waals surface area contributed by atoms with Crippen LogP contribution in [0.15, 0.2) is 61.1 Å². The van der Waals surface area contributed by atoms with Crippen molar-refractivity contribution in [2.75, 3.05) is 12.4 Å². The van der Waals surface area contributed by atoms with Crippen LogP contribution >= 0.6 is 0 Å². The van der Waals surface area contributed by atoms with Gasteiger partial charge in [-0.25, -0.2) is 4.98 Å². The largest absolute Gasteiger partial charge is 0.355 e. The summed E-state index contributed by atoms with van der Waals surface area (Å²) in [6.45, 7) is 4.01. The highest BCUT2D eigenvalue weighted by atomic mass is 16.2. The first-order valence-corrected chi connectivity index (χ1v) is 9.96. The van der Waals surface area contributed by atoms with E-state index in [0.717, 1.165) is 27.9 Å². The first-order valence-electron chi connectivity index (χ1n) is 9.96. The summed E-state index contributed by atoms with van der Waals surface area (Å²) in [4.78, 5) is 33.0. The zero-order valence-corrected chi connectivity index (χ0v) is 17.6. The number of nitrogens with one attached hydrogen (secondary N) is 2. The summed E-state index contributed by atoms with van der Waals surface area (Å²) in [5, 5.41) is 5.42. The van der Waals surface area contributed by atoms with Gasteiger partial charge in [0.2, 0.25) is 5.91 Å². The summed E-state index contributed by atoms with van der Waals surface area (Å²) >= 11 is 0. The fourth-order valence-electron chi connectivity index (χ4n) is 3.58. The van der Waals surface area contributed by atoms with Gasteiger partial charge in [0, 0.05) is 25.1 Å².